The van der Waals surface area contributed by atoms with Crippen LogP contribution in [0.25, 0.3) is 0 Å². The molecule has 0 amide bonds. The van der Waals surface area contributed by atoms with E-state index >= 15 is 0 Å². The summed E-state index contributed by atoms with van der Waals surface area (Å²) in [5.41, 5.74) is -0.121. The molecule has 0 aromatic rings. The molecule has 4 bridgehead atoms. The molecule has 4 fully saturated rings. The summed E-state index contributed by atoms with van der Waals surface area (Å²) in [6.45, 7) is 4.62. The fraction of sp³-hybridized carbons (Fsp3) is 1.00. The molecule has 1 nitrogen and oxygen atoms in total. The third-order valence-corrected chi connectivity index (χ3v) is 5.87. The molecule has 4 rings (SSSR count). The third-order valence-electron chi connectivity index (χ3n) is 5.87. The monoisotopic (exact) mass is 194 g/mol. The minimum Gasteiger partial charge on any atom is -0.389 e. The predicted octanol–water partition coefficient (Wildman–Crippen LogP) is 2.97. The summed E-state index contributed by atoms with van der Waals surface area (Å²) < 4.78 is 0. The van der Waals surface area contributed by atoms with Crippen molar-refractivity contribution in [3.8, 4) is 0 Å². The molecule has 0 spiro atoms. The van der Waals surface area contributed by atoms with Gasteiger partial charge in [0.15, 0.2) is 0 Å². The maximum Gasteiger partial charge on any atom is 0.0731 e. The van der Waals surface area contributed by atoms with Crippen molar-refractivity contribution in [3.63, 3.8) is 0 Å². The predicted molar refractivity (Wildman–Crippen MR) is 56.9 cm³/mol. The fourth-order valence-corrected chi connectivity index (χ4v) is 4.84. The van der Waals surface area contributed by atoms with E-state index in [1.54, 1.807) is 0 Å². The fourth-order valence-electron chi connectivity index (χ4n) is 4.84. The first-order valence-electron chi connectivity index (χ1n) is 6.28. The molecule has 80 valence electrons. The van der Waals surface area contributed by atoms with Crippen molar-refractivity contribution in [3.05, 3.63) is 0 Å². The van der Waals surface area contributed by atoms with Crippen molar-refractivity contribution < 1.29 is 5.11 Å². The van der Waals surface area contributed by atoms with E-state index in [4.69, 9.17) is 0 Å². The highest BCUT2D eigenvalue weighted by Crippen LogP contribution is 2.64. The SMILES string of the molecule is CC1(C)C2CCC3C(CCCC31O)C2. The van der Waals surface area contributed by atoms with Crippen LogP contribution in [-0.4, -0.2) is 10.7 Å². The van der Waals surface area contributed by atoms with E-state index < -0.39 is 0 Å². The Labute approximate surface area is 86.9 Å². The van der Waals surface area contributed by atoms with E-state index in [0.29, 0.717) is 5.92 Å². The molecule has 4 aliphatic rings. The Morgan fingerprint density at radius 2 is 1.93 bits per heavy atom. The van der Waals surface area contributed by atoms with Crippen molar-refractivity contribution in [2.24, 2.45) is 23.2 Å². The van der Waals surface area contributed by atoms with Crippen LogP contribution < -0.4 is 0 Å². The van der Waals surface area contributed by atoms with Crippen LogP contribution in [0.2, 0.25) is 0 Å². The highest BCUT2D eigenvalue weighted by Gasteiger charge is 2.62. The number of fused-ring (bicyclic) bond motifs is 1. The quantitative estimate of drug-likeness (QED) is 0.628. The van der Waals surface area contributed by atoms with Crippen LogP contribution in [0.3, 0.4) is 0 Å². The average Bonchev–Trinajstić information content (AvgIpc) is 2.15. The highest BCUT2D eigenvalue weighted by molar-refractivity contribution is 5.12. The lowest BCUT2D eigenvalue weighted by atomic mass is 9.43. The Kier molecular flexibility index (Phi) is 1.68. The summed E-state index contributed by atoms with van der Waals surface area (Å²) in [6, 6.07) is 0. The van der Waals surface area contributed by atoms with Crippen LogP contribution in [0.4, 0.5) is 0 Å². The van der Waals surface area contributed by atoms with Crippen LogP contribution in [-0.2, 0) is 0 Å². The van der Waals surface area contributed by atoms with Gasteiger partial charge in [0.1, 0.15) is 0 Å². The molecule has 0 aromatic heterocycles. The summed E-state index contributed by atoms with van der Waals surface area (Å²) in [4.78, 5) is 0. The second-order valence-electron chi connectivity index (χ2n) is 6.41. The molecule has 0 heterocycles. The molecule has 4 atom stereocenters. The van der Waals surface area contributed by atoms with Crippen LogP contribution in [0.15, 0.2) is 0 Å². The number of aliphatic hydroxyl groups is 1. The first kappa shape index (κ1) is 9.21. The van der Waals surface area contributed by atoms with Gasteiger partial charge < -0.3 is 5.11 Å². The summed E-state index contributed by atoms with van der Waals surface area (Å²) in [7, 11) is 0. The molecule has 4 aliphatic carbocycles. The first-order valence-corrected chi connectivity index (χ1v) is 6.28. The van der Waals surface area contributed by atoms with E-state index in [2.05, 4.69) is 13.8 Å². The minimum atomic E-state index is -0.308. The van der Waals surface area contributed by atoms with Crippen LogP contribution in [0.5, 0.6) is 0 Å². The van der Waals surface area contributed by atoms with Gasteiger partial charge in [0.2, 0.25) is 0 Å². The molecular weight excluding hydrogens is 172 g/mol. The van der Waals surface area contributed by atoms with Gasteiger partial charge >= 0.3 is 0 Å². The van der Waals surface area contributed by atoms with Crippen molar-refractivity contribution in [2.45, 2.75) is 58.0 Å². The van der Waals surface area contributed by atoms with Gasteiger partial charge in [0, 0.05) is 0 Å². The zero-order valence-electron chi connectivity index (χ0n) is 9.42. The second kappa shape index (κ2) is 2.55. The van der Waals surface area contributed by atoms with E-state index in [9.17, 15) is 5.11 Å². The van der Waals surface area contributed by atoms with Crippen molar-refractivity contribution in [1.82, 2.24) is 0 Å². The average molecular weight is 194 g/mol. The molecular formula is C13H22O. The molecule has 0 saturated heterocycles. The largest absolute Gasteiger partial charge is 0.389 e. The molecule has 4 saturated carbocycles. The van der Waals surface area contributed by atoms with E-state index in [-0.39, 0.29) is 11.0 Å². The van der Waals surface area contributed by atoms with Crippen molar-refractivity contribution >= 4 is 0 Å². The van der Waals surface area contributed by atoms with E-state index in [1.165, 1.54) is 32.1 Å². The second-order valence-corrected chi connectivity index (χ2v) is 6.41. The van der Waals surface area contributed by atoms with Crippen molar-refractivity contribution in [2.75, 3.05) is 0 Å². The molecule has 0 aromatic carbocycles. The molecule has 0 radical (unpaired) electrons. The van der Waals surface area contributed by atoms with Gasteiger partial charge in [0.25, 0.3) is 0 Å². The van der Waals surface area contributed by atoms with Gasteiger partial charge in [-0.3, -0.25) is 0 Å². The summed E-state index contributed by atoms with van der Waals surface area (Å²) in [6.07, 6.45) is 7.79. The van der Waals surface area contributed by atoms with Crippen LogP contribution in [0, 0.1) is 23.2 Å². The maximum atomic E-state index is 10.9. The Morgan fingerprint density at radius 1 is 1.14 bits per heavy atom. The molecule has 14 heavy (non-hydrogen) atoms. The lowest BCUT2D eigenvalue weighted by Crippen LogP contribution is -2.64. The summed E-state index contributed by atoms with van der Waals surface area (Å²) in [5, 5.41) is 10.9. The van der Waals surface area contributed by atoms with Crippen LogP contribution >= 0.6 is 0 Å². The summed E-state index contributed by atoms with van der Waals surface area (Å²) >= 11 is 0. The Bertz CT molecular complexity index is 258. The van der Waals surface area contributed by atoms with E-state index in [1.807, 2.05) is 0 Å². The smallest absolute Gasteiger partial charge is 0.0731 e. The normalized spacial score (nSPS) is 54.6. The number of rotatable bonds is 0. The molecule has 4 unspecified atom stereocenters. The van der Waals surface area contributed by atoms with Gasteiger partial charge in [-0.05, 0) is 55.3 Å². The lowest BCUT2D eigenvalue weighted by Gasteiger charge is -2.65. The number of hydrogen-bond acceptors (Lipinski definition) is 1. The van der Waals surface area contributed by atoms with Gasteiger partial charge in [-0.2, -0.15) is 0 Å². The zero-order valence-corrected chi connectivity index (χ0v) is 9.42. The van der Waals surface area contributed by atoms with Gasteiger partial charge in [-0.25, -0.2) is 0 Å². The summed E-state index contributed by atoms with van der Waals surface area (Å²) in [5.74, 6) is 2.29. The number of hydrogen-bond donors (Lipinski definition) is 1. The lowest BCUT2D eigenvalue weighted by molar-refractivity contribution is -0.234. The molecule has 0 aliphatic heterocycles. The highest BCUT2D eigenvalue weighted by atomic mass is 16.3. The molecule has 1 heteroatoms. The molecule has 1 N–H and O–H groups in total. The van der Waals surface area contributed by atoms with Gasteiger partial charge in [0.05, 0.1) is 5.60 Å². The minimum absolute atomic E-state index is 0.187. The Balaban J connectivity index is 2.05. The van der Waals surface area contributed by atoms with Gasteiger partial charge in [-0.1, -0.05) is 20.3 Å². The zero-order chi connectivity index (χ0) is 9.97. The first-order chi connectivity index (χ1) is 6.56. The van der Waals surface area contributed by atoms with Crippen molar-refractivity contribution in [1.29, 1.82) is 0 Å². The van der Waals surface area contributed by atoms with Crippen LogP contribution in [0.1, 0.15) is 52.4 Å². The van der Waals surface area contributed by atoms with Gasteiger partial charge in [-0.15, -0.1) is 0 Å². The Morgan fingerprint density at radius 3 is 2.64 bits per heavy atom. The van der Waals surface area contributed by atoms with E-state index in [0.717, 1.165) is 18.3 Å². The standard InChI is InChI=1S/C13H22O/c1-12(2)10-5-6-11-9(8-10)4-3-7-13(11,12)14/h9-11,14H,3-8H2,1-2H3. The third kappa shape index (κ3) is 0.856. The topological polar surface area (TPSA) is 20.2 Å². The Hall–Kier alpha value is -0.0400. The maximum absolute atomic E-state index is 10.9.